The molecule has 0 aromatic carbocycles. The lowest BCUT2D eigenvalue weighted by Crippen LogP contribution is -2.37. The van der Waals surface area contributed by atoms with E-state index in [4.69, 9.17) is 10.4 Å². The second kappa shape index (κ2) is 8.01. The first-order chi connectivity index (χ1) is 6.62. The first-order valence-electron chi connectivity index (χ1n) is 5.10. The molecule has 0 heterocycles. The molecule has 0 atom stereocenters. The Bertz CT molecular complexity index is 139. The van der Waals surface area contributed by atoms with E-state index in [0.717, 1.165) is 22.1 Å². The molecule has 0 aromatic rings. The maximum atomic E-state index is 8.39. The van der Waals surface area contributed by atoms with E-state index < -0.39 is 0 Å². The Kier molecular flexibility index (Phi) is 9.19. The first kappa shape index (κ1) is 17.2. The Morgan fingerprint density at radius 2 is 1.27 bits per heavy atom. The van der Waals surface area contributed by atoms with Crippen molar-refractivity contribution >= 4 is 0 Å². The van der Waals surface area contributed by atoms with Crippen LogP contribution in [0.15, 0.2) is 0 Å². The quantitative estimate of drug-likeness (QED) is 0.388. The van der Waals surface area contributed by atoms with E-state index in [1.165, 1.54) is 0 Å². The van der Waals surface area contributed by atoms with Crippen molar-refractivity contribution in [3.05, 3.63) is 0 Å². The van der Waals surface area contributed by atoms with Gasteiger partial charge in [0, 0.05) is 0 Å². The summed E-state index contributed by atoms with van der Waals surface area (Å²) in [4.78, 5) is 3.90. The van der Waals surface area contributed by atoms with Crippen LogP contribution < -0.4 is 0 Å². The largest absolute Gasteiger partial charge is 0.391 e. The summed E-state index contributed by atoms with van der Waals surface area (Å²) in [5.41, 5.74) is 0. The van der Waals surface area contributed by atoms with Crippen molar-refractivity contribution in [1.82, 2.24) is 0 Å². The average molecular weight is 224 g/mol. The number of nitrogens with zero attached hydrogens (tertiary/aromatic N) is 2. The van der Waals surface area contributed by atoms with Gasteiger partial charge in [0.25, 0.3) is 0 Å². The molecule has 0 aliphatic rings. The fourth-order valence-corrected chi connectivity index (χ4v) is 0.615. The zero-order valence-electron chi connectivity index (χ0n) is 11.0. The molecule has 0 aliphatic heterocycles. The maximum Gasteiger partial charge on any atom is 0.131 e. The van der Waals surface area contributed by atoms with Gasteiger partial charge in [-0.1, -0.05) is 0 Å². The molecule has 0 saturated carbocycles. The molecule has 0 amide bonds. The van der Waals surface area contributed by atoms with Gasteiger partial charge in [0.15, 0.2) is 0 Å². The summed E-state index contributed by atoms with van der Waals surface area (Å²) in [6, 6.07) is 0. The average Bonchev–Trinajstić information content (AvgIpc) is 1.98. The van der Waals surface area contributed by atoms with E-state index in [9.17, 15) is 0 Å². The third-order valence-corrected chi connectivity index (χ3v) is 1.62. The molecule has 0 fully saturated rings. The highest BCUT2D eigenvalue weighted by Crippen LogP contribution is 1.87. The molecule has 0 saturated heterocycles. The third kappa shape index (κ3) is 24.8. The summed E-state index contributed by atoms with van der Waals surface area (Å²) in [7, 11) is 12.3. The Labute approximate surface area is 93.6 Å². The van der Waals surface area contributed by atoms with Crippen LogP contribution >= 0.6 is 0 Å². The van der Waals surface area contributed by atoms with E-state index in [-0.39, 0.29) is 6.61 Å². The van der Waals surface area contributed by atoms with E-state index in [1.807, 2.05) is 21.1 Å². The second-order valence-electron chi connectivity index (χ2n) is 5.58. The van der Waals surface area contributed by atoms with Gasteiger partial charge >= 0.3 is 0 Å². The topological polar surface area (TPSA) is 49.7 Å². The molecular formula is C10H28N2O3+2. The van der Waals surface area contributed by atoms with E-state index >= 15 is 0 Å². The van der Waals surface area contributed by atoms with Gasteiger partial charge in [-0.15, -0.1) is 0 Å². The fourth-order valence-electron chi connectivity index (χ4n) is 0.615. The second-order valence-corrected chi connectivity index (χ2v) is 5.58. The summed E-state index contributed by atoms with van der Waals surface area (Å²) < 4.78 is 1.66. The van der Waals surface area contributed by atoms with Gasteiger partial charge in [0.1, 0.15) is 19.7 Å². The number of aliphatic hydroxyl groups excluding tert-OH is 1. The van der Waals surface area contributed by atoms with Gasteiger partial charge in [0.05, 0.1) is 48.9 Å². The highest BCUT2D eigenvalue weighted by molar-refractivity contribution is 4.21. The smallest absolute Gasteiger partial charge is 0.131 e. The van der Waals surface area contributed by atoms with Crippen LogP contribution in [-0.4, -0.2) is 87.9 Å². The Morgan fingerprint density at radius 3 is 1.33 bits per heavy atom. The van der Waals surface area contributed by atoms with Crippen LogP contribution in [0, 0.1) is 0 Å². The van der Waals surface area contributed by atoms with Gasteiger partial charge in [-0.25, -0.2) is 4.89 Å². The molecule has 5 heteroatoms. The SMILES string of the molecule is C[N+](C)(C)CCO.C[N+](C)(C)CCOO. The van der Waals surface area contributed by atoms with Crippen LogP contribution in [0.5, 0.6) is 0 Å². The molecular weight excluding hydrogens is 196 g/mol. The van der Waals surface area contributed by atoms with Crippen LogP contribution in [-0.2, 0) is 4.89 Å². The van der Waals surface area contributed by atoms with Gasteiger partial charge in [-0.05, 0) is 0 Å². The molecule has 0 unspecified atom stereocenters. The van der Waals surface area contributed by atoms with Crippen LogP contribution in [0.2, 0.25) is 0 Å². The number of rotatable bonds is 5. The summed E-state index contributed by atoms with van der Waals surface area (Å²) in [6.45, 7) is 2.35. The van der Waals surface area contributed by atoms with Crippen LogP contribution in [0.4, 0.5) is 0 Å². The lowest BCUT2D eigenvalue weighted by molar-refractivity contribution is -0.871. The first-order valence-corrected chi connectivity index (χ1v) is 5.10. The van der Waals surface area contributed by atoms with Gasteiger partial charge in [0.2, 0.25) is 0 Å². The molecule has 2 N–H and O–H groups in total. The zero-order valence-corrected chi connectivity index (χ0v) is 11.0. The number of hydrogen-bond donors (Lipinski definition) is 2. The third-order valence-electron chi connectivity index (χ3n) is 1.62. The van der Waals surface area contributed by atoms with Crippen molar-refractivity contribution in [3.8, 4) is 0 Å². The standard InChI is InChI=1S/C5H13NO2.C5H14NO/c1-6(2,3)4-5-8-7;1-6(2,3)4-5-7/h4-5H2,1-3H3;7H,4-5H2,1-3H3/q;+1/p+1. The number of quaternary nitrogens is 2. The predicted octanol–water partition coefficient (Wildman–Crippen LogP) is -0.133. The number of hydrogen-bond acceptors (Lipinski definition) is 3. The summed E-state index contributed by atoms with van der Waals surface area (Å²) >= 11 is 0. The fraction of sp³-hybridized carbons (Fsp3) is 1.00. The molecule has 5 nitrogen and oxygen atoms in total. The zero-order chi connectivity index (χ0) is 12.5. The lowest BCUT2D eigenvalue weighted by Gasteiger charge is -2.22. The molecule has 0 aromatic heterocycles. The van der Waals surface area contributed by atoms with Crippen LogP contribution in [0.3, 0.4) is 0 Å². The number of aliphatic hydroxyl groups is 1. The maximum absolute atomic E-state index is 8.39. The predicted molar refractivity (Wildman–Crippen MR) is 61.5 cm³/mol. The molecule has 0 aliphatic carbocycles. The molecule has 0 rings (SSSR count). The molecule has 94 valence electrons. The van der Waals surface area contributed by atoms with Gasteiger partial charge < -0.3 is 14.1 Å². The Balaban J connectivity index is 0. The number of likely N-dealkylation sites (N-methyl/N-ethyl adjacent to an activating group) is 2. The van der Waals surface area contributed by atoms with Crippen molar-refractivity contribution in [2.75, 3.05) is 68.6 Å². The molecule has 15 heavy (non-hydrogen) atoms. The summed E-state index contributed by atoms with van der Waals surface area (Å²) in [5.74, 6) is 0. The normalized spacial score (nSPS) is 12.0. The lowest BCUT2D eigenvalue weighted by atomic mass is 10.5. The van der Waals surface area contributed by atoms with E-state index in [2.05, 4.69) is 26.0 Å². The van der Waals surface area contributed by atoms with Crippen LogP contribution in [0.25, 0.3) is 0 Å². The minimum Gasteiger partial charge on any atom is -0.391 e. The minimum atomic E-state index is 0.281. The molecule has 0 bridgehead atoms. The van der Waals surface area contributed by atoms with Crippen molar-refractivity contribution in [3.63, 3.8) is 0 Å². The van der Waals surface area contributed by atoms with Gasteiger partial charge in [-0.2, -0.15) is 0 Å². The minimum absolute atomic E-state index is 0.281. The summed E-state index contributed by atoms with van der Waals surface area (Å²) in [6.07, 6.45) is 0. The van der Waals surface area contributed by atoms with Crippen LogP contribution in [0.1, 0.15) is 0 Å². The Hall–Kier alpha value is -0.200. The molecule has 0 radical (unpaired) electrons. The van der Waals surface area contributed by atoms with E-state index in [1.54, 1.807) is 0 Å². The van der Waals surface area contributed by atoms with Crippen molar-refractivity contribution in [1.29, 1.82) is 0 Å². The van der Waals surface area contributed by atoms with Crippen molar-refractivity contribution in [2.24, 2.45) is 0 Å². The van der Waals surface area contributed by atoms with Crippen molar-refractivity contribution < 1.29 is 24.2 Å². The van der Waals surface area contributed by atoms with E-state index in [0.29, 0.717) is 6.61 Å². The monoisotopic (exact) mass is 224 g/mol. The Morgan fingerprint density at radius 1 is 0.867 bits per heavy atom. The van der Waals surface area contributed by atoms with Gasteiger partial charge in [-0.3, -0.25) is 5.26 Å². The summed E-state index contributed by atoms with van der Waals surface area (Å²) in [5, 5.41) is 16.3. The van der Waals surface area contributed by atoms with Crippen molar-refractivity contribution in [2.45, 2.75) is 0 Å². The molecule has 0 spiro atoms. The highest BCUT2D eigenvalue weighted by Gasteiger charge is 2.04. The highest BCUT2D eigenvalue weighted by atomic mass is 17.1.